The molecule has 2 aromatic heterocycles. The van der Waals surface area contributed by atoms with Crippen molar-refractivity contribution >= 4 is 0 Å². The molecule has 0 unspecified atom stereocenters. The van der Waals surface area contributed by atoms with Gasteiger partial charge in [0.15, 0.2) is 11.6 Å². The van der Waals surface area contributed by atoms with Crippen molar-refractivity contribution in [3.8, 4) is 11.4 Å². The minimum absolute atomic E-state index is 0. The highest BCUT2D eigenvalue weighted by atomic mass is 19.1. The summed E-state index contributed by atoms with van der Waals surface area (Å²) in [7, 11) is 1.80. The summed E-state index contributed by atoms with van der Waals surface area (Å²) in [5.41, 5.74) is 3.17. The van der Waals surface area contributed by atoms with Gasteiger partial charge in [-0.25, -0.2) is 26.9 Å². The standard InChI is InChI=1S/C18H20F2N2O.C17H18F2N2O.2CH4/c1-17(2)11-7-8-18(17,3)15-14(11)16(23)22(21(15)4)13-6-5-10(19)9-12(13)20;1-16(2)10-6-7-17(16,3)14-13(10)15(22)21(20-14)12-5-4-9(18)8-11(12)19;;/h5-6,9,11H,7-8H2,1-4H3;4-5,8,10,20H,6-7H2,1-3H3;2*1H4/t11-,18+;10-,17+;;/m11../s1. The minimum Gasteiger partial charge on any atom is -0.294 e. The van der Waals surface area contributed by atoms with Gasteiger partial charge in [0, 0.05) is 46.8 Å². The zero-order valence-corrected chi connectivity index (χ0v) is 26.6. The molecule has 4 atom stereocenters. The molecule has 4 aliphatic carbocycles. The number of hydrogen-bond donors (Lipinski definition) is 1. The molecule has 0 amide bonds. The lowest BCUT2D eigenvalue weighted by Crippen LogP contribution is -2.35. The number of fused-ring (bicyclic) bond motifs is 10. The van der Waals surface area contributed by atoms with Gasteiger partial charge in [0.05, 0.1) is 5.69 Å². The van der Waals surface area contributed by atoms with Gasteiger partial charge in [-0.1, -0.05) is 56.4 Å². The fourth-order valence-electron chi connectivity index (χ4n) is 9.43. The first-order chi connectivity index (χ1) is 21.0. The van der Waals surface area contributed by atoms with E-state index in [-0.39, 0.29) is 70.8 Å². The Bertz CT molecular complexity index is 2030. The summed E-state index contributed by atoms with van der Waals surface area (Å²) in [5.74, 6) is -2.36. The summed E-state index contributed by atoms with van der Waals surface area (Å²) in [6.45, 7) is 13.2. The largest absolute Gasteiger partial charge is 0.294 e. The molecule has 4 aromatic rings. The van der Waals surface area contributed by atoms with Gasteiger partial charge in [0.25, 0.3) is 11.1 Å². The van der Waals surface area contributed by atoms with E-state index in [9.17, 15) is 27.2 Å². The Morgan fingerprint density at radius 1 is 0.702 bits per heavy atom. The van der Waals surface area contributed by atoms with Gasteiger partial charge in [-0.3, -0.25) is 19.4 Å². The number of H-pyrrole nitrogens is 1. The van der Waals surface area contributed by atoms with Crippen LogP contribution in [0.4, 0.5) is 17.6 Å². The zero-order valence-electron chi connectivity index (χ0n) is 26.6. The predicted molar refractivity (Wildman–Crippen MR) is 177 cm³/mol. The van der Waals surface area contributed by atoms with Gasteiger partial charge in [0.2, 0.25) is 0 Å². The van der Waals surface area contributed by atoms with Crippen molar-refractivity contribution in [3.05, 3.63) is 103 Å². The molecule has 8 rings (SSSR count). The lowest BCUT2D eigenvalue weighted by atomic mass is 9.70. The molecule has 6 nitrogen and oxygen atoms in total. The molecule has 4 bridgehead atoms. The average molecular weight is 655 g/mol. The van der Waals surface area contributed by atoms with Crippen LogP contribution in [0.3, 0.4) is 0 Å². The molecular weight excluding hydrogens is 608 g/mol. The third kappa shape index (κ3) is 4.14. The van der Waals surface area contributed by atoms with Gasteiger partial charge < -0.3 is 0 Å². The van der Waals surface area contributed by atoms with Gasteiger partial charge in [-0.05, 0) is 72.6 Å². The van der Waals surface area contributed by atoms with E-state index in [4.69, 9.17) is 0 Å². The van der Waals surface area contributed by atoms with Crippen LogP contribution in [0.5, 0.6) is 0 Å². The van der Waals surface area contributed by atoms with E-state index in [2.05, 4.69) is 46.6 Å². The Hall–Kier alpha value is -3.82. The quantitative estimate of drug-likeness (QED) is 0.220. The first-order valence-electron chi connectivity index (χ1n) is 15.6. The second-order valence-corrected chi connectivity index (χ2v) is 14.9. The van der Waals surface area contributed by atoms with E-state index in [1.54, 1.807) is 11.7 Å². The lowest BCUT2D eigenvalue weighted by molar-refractivity contribution is 0.217. The normalized spacial score (nSPS) is 26.6. The van der Waals surface area contributed by atoms with Crippen molar-refractivity contribution in [2.45, 2.75) is 105 Å². The molecule has 4 aliphatic rings. The van der Waals surface area contributed by atoms with Crippen LogP contribution < -0.4 is 11.1 Å². The summed E-state index contributed by atoms with van der Waals surface area (Å²) in [6.07, 6.45) is 4.02. The molecule has 10 heteroatoms. The highest BCUT2D eigenvalue weighted by molar-refractivity contribution is 5.48. The summed E-state index contributed by atoms with van der Waals surface area (Å²) >= 11 is 0. The second-order valence-electron chi connectivity index (χ2n) is 14.9. The van der Waals surface area contributed by atoms with Crippen LogP contribution in [-0.2, 0) is 17.9 Å². The number of halogens is 4. The number of nitrogens with one attached hydrogen (secondary N) is 1. The molecule has 2 heterocycles. The number of rotatable bonds is 2. The monoisotopic (exact) mass is 654 g/mol. The molecular formula is C37H46F4N4O2. The molecule has 2 fully saturated rings. The molecule has 0 spiro atoms. The summed E-state index contributed by atoms with van der Waals surface area (Å²) < 4.78 is 58.8. The van der Waals surface area contributed by atoms with Crippen LogP contribution >= 0.6 is 0 Å². The molecule has 1 N–H and O–H groups in total. The van der Waals surface area contributed by atoms with Crippen molar-refractivity contribution in [3.63, 3.8) is 0 Å². The maximum atomic E-state index is 14.2. The van der Waals surface area contributed by atoms with Crippen LogP contribution in [0.15, 0.2) is 46.0 Å². The van der Waals surface area contributed by atoms with Gasteiger partial charge in [-0.15, -0.1) is 0 Å². The smallest absolute Gasteiger partial charge is 0.275 e. The molecule has 2 aromatic carbocycles. The molecule has 0 radical (unpaired) electrons. The number of hydrogen-bond acceptors (Lipinski definition) is 2. The van der Waals surface area contributed by atoms with E-state index in [0.29, 0.717) is 0 Å². The van der Waals surface area contributed by atoms with E-state index in [0.717, 1.165) is 66.4 Å². The second kappa shape index (κ2) is 10.6. The van der Waals surface area contributed by atoms with Crippen LogP contribution in [0.2, 0.25) is 0 Å². The zero-order chi connectivity index (χ0) is 32.6. The Balaban J connectivity index is 0.000000177. The maximum absolute atomic E-state index is 14.2. The van der Waals surface area contributed by atoms with E-state index in [1.165, 1.54) is 27.6 Å². The van der Waals surface area contributed by atoms with Crippen LogP contribution in [0.25, 0.3) is 11.4 Å². The van der Waals surface area contributed by atoms with Crippen LogP contribution in [0.1, 0.15) is 116 Å². The van der Waals surface area contributed by atoms with Crippen molar-refractivity contribution < 1.29 is 17.6 Å². The van der Waals surface area contributed by atoms with E-state index in [1.807, 2.05) is 0 Å². The number of aromatic nitrogens is 4. The topological polar surface area (TPSA) is 64.7 Å². The van der Waals surface area contributed by atoms with Gasteiger partial charge in [0.1, 0.15) is 23.0 Å². The SMILES string of the molecule is C.C.CC1(C)[C@@H]2CC[C@@]1(C)c1[nH]n(-c3ccc(F)cc3F)c(=O)c12.Cn1c2c(c(=O)n1-c1ccc(F)cc1F)[C@H]1CC[C@]2(C)C1(C)C. The minimum atomic E-state index is -0.737. The Kier molecular flexibility index (Phi) is 7.78. The molecule has 2 saturated carbocycles. The first-order valence-corrected chi connectivity index (χ1v) is 15.6. The third-order valence-electron chi connectivity index (χ3n) is 12.7. The van der Waals surface area contributed by atoms with Crippen molar-refractivity contribution in [1.29, 1.82) is 0 Å². The maximum Gasteiger partial charge on any atom is 0.275 e. The Labute approximate surface area is 273 Å². The molecule has 254 valence electrons. The summed E-state index contributed by atoms with van der Waals surface area (Å²) in [6, 6.07) is 6.60. The highest BCUT2D eigenvalue weighted by Crippen LogP contribution is 2.67. The van der Waals surface area contributed by atoms with Crippen molar-refractivity contribution in [2.75, 3.05) is 0 Å². The number of nitrogens with zero attached hydrogens (tertiary/aromatic N) is 3. The summed E-state index contributed by atoms with van der Waals surface area (Å²) in [5, 5.41) is 3.11. The molecule has 0 aliphatic heterocycles. The lowest BCUT2D eigenvalue weighted by Gasteiger charge is -2.36. The molecule has 47 heavy (non-hydrogen) atoms. The van der Waals surface area contributed by atoms with E-state index < -0.39 is 23.3 Å². The van der Waals surface area contributed by atoms with E-state index >= 15 is 0 Å². The van der Waals surface area contributed by atoms with Crippen molar-refractivity contribution in [2.24, 2.45) is 17.9 Å². The Morgan fingerprint density at radius 2 is 1.19 bits per heavy atom. The Morgan fingerprint density at radius 3 is 1.70 bits per heavy atom. The average Bonchev–Trinajstić information content (AvgIpc) is 3.66. The van der Waals surface area contributed by atoms with Gasteiger partial charge >= 0.3 is 0 Å². The van der Waals surface area contributed by atoms with Crippen LogP contribution in [-0.4, -0.2) is 19.1 Å². The van der Waals surface area contributed by atoms with Gasteiger partial charge in [-0.2, -0.15) is 0 Å². The number of aromatic amines is 1. The predicted octanol–water partition coefficient (Wildman–Crippen LogP) is 8.52. The van der Waals surface area contributed by atoms with Crippen molar-refractivity contribution in [1.82, 2.24) is 19.1 Å². The third-order valence-corrected chi connectivity index (χ3v) is 12.7. The molecule has 0 saturated heterocycles. The number of benzene rings is 2. The first kappa shape index (κ1) is 34.5. The fourth-order valence-corrected chi connectivity index (χ4v) is 9.43. The van der Waals surface area contributed by atoms with Crippen LogP contribution in [0, 0.1) is 34.1 Å². The fraction of sp³-hybridized carbons (Fsp3) is 0.514. The summed E-state index contributed by atoms with van der Waals surface area (Å²) in [4.78, 5) is 25.8. The highest BCUT2D eigenvalue weighted by Gasteiger charge is 2.63.